The normalized spacial score (nSPS) is 24.6. The lowest BCUT2D eigenvalue weighted by molar-refractivity contribution is -0.137. The molecule has 0 radical (unpaired) electrons. The van der Waals surface area contributed by atoms with Crippen LogP contribution >= 0.6 is 0 Å². The number of hydrogen-bond acceptors (Lipinski definition) is 2. The summed E-state index contributed by atoms with van der Waals surface area (Å²) in [5.74, 6) is 0.319. The van der Waals surface area contributed by atoms with Crippen LogP contribution in [-0.4, -0.2) is 19.1 Å². The predicted octanol–water partition coefficient (Wildman–Crippen LogP) is 3.27. The summed E-state index contributed by atoms with van der Waals surface area (Å²) in [6.07, 6.45) is -2.40. The number of piperidine rings is 1. The Bertz CT molecular complexity index is 431. The van der Waals surface area contributed by atoms with Crippen molar-refractivity contribution >= 4 is 5.69 Å². The summed E-state index contributed by atoms with van der Waals surface area (Å²) in [5, 5.41) is 0. The van der Waals surface area contributed by atoms with Crippen LogP contribution in [0.5, 0.6) is 0 Å². The molecule has 1 fully saturated rings. The molecule has 0 aromatic heterocycles. The molecule has 0 aliphatic carbocycles. The number of nitrogens with two attached hydrogens (primary N) is 1. The topological polar surface area (TPSA) is 29.3 Å². The van der Waals surface area contributed by atoms with Crippen LogP contribution in [0.1, 0.15) is 25.3 Å². The highest BCUT2D eigenvalue weighted by molar-refractivity contribution is 5.56. The largest absolute Gasteiger partial charge is 0.418 e. The molecule has 0 amide bonds. The number of para-hydroxylation sites is 1. The van der Waals surface area contributed by atoms with Gasteiger partial charge in [-0.05, 0) is 30.9 Å². The van der Waals surface area contributed by atoms with Crippen molar-refractivity contribution < 1.29 is 13.2 Å². The number of hydrogen-bond donors (Lipinski definition) is 1. The molecule has 1 aromatic carbocycles. The van der Waals surface area contributed by atoms with E-state index >= 15 is 0 Å². The Morgan fingerprint density at radius 2 is 2.00 bits per heavy atom. The minimum absolute atomic E-state index is 0.0164. The van der Waals surface area contributed by atoms with Crippen molar-refractivity contribution in [2.45, 2.75) is 32.0 Å². The van der Waals surface area contributed by atoms with E-state index < -0.39 is 11.7 Å². The Balaban J connectivity index is 2.40. The molecule has 1 aliphatic rings. The first kappa shape index (κ1) is 14.2. The highest BCUT2D eigenvalue weighted by Crippen LogP contribution is 2.39. The monoisotopic (exact) mass is 272 g/mol. The minimum Gasteiger partial charge on any atom is -0.367 e. The first-order chi connectivity index (χ1) is 8.95. The summed E-state index contributed by atoms with van der Waals surface area (Å²) >= 11 is 0. The van der Waals surface area contributed by atoms with E-state index in [1.165, 1.54) is 6.07 Å². The molecule has 2 atom stereocenters. The molecule has 0 saturated carbocycles. The molecular formula is C14H19F3N2. The molecule has 1 aliphatic heterocycles. The van der Waals surface area contributed by atoms with E-state index in [0.29, 0.717) is 19.0 Å². The van der Waals surface area contributed by atoms with Gasteiger partial charge in [0.25, 0.3) is 0 Å². The van der Waals surface area contributed by atoms with E-state index in [1.807, 2.05) is 4.90 Å². The van der Waals surface area contributed by atoms with Crippen molar-refractivity contribution in [1.29, 1.82) is 0 Å². The molecule has 0 bridgehead atoms. The maximum atomic E-state index is 13.1. The smallest absolute Gasteiger partial charge is 0.367 e. The van der Waals surface area contributed by atoms with Gasteiger partial charge in [0.2, 0.25) is 0 Å². The molecule has 19 heavy (non-hydrogen) atoms. The summed E-state index contributed by atoms with van der Waals surface area (Å²) in [4.78, 5) is 1.83. The Morgan fingerprint density at radius 3 is 2.63 bits per heavy atom. The van der Waals surface area contributed by atoms with Gasteiger partial charge in [-0.25, -0.2) is 0 Å². The summed E-state index contributed by atoms with van der Waals surface area (Å²) in [7, 11) is 0. The lowest BCUT2D eigenvalue weighted by Gasteiger charge is -2.42. The zero-order chi connectivity index (χ0) is 14.0. The first-order valence-corrected chi connectivity index (χ1v) is 6.58. The fourth-order valence-corrected chi connectivity index (χ4v) is 2.87. The number of alkyl halides is 3. The zero-order valence-corrected chi connectivity index (χ0v) is 11.0. The van der Waals surface area contributed by atoms with E-state index in [-0.39, 0.29) is 11.7 Å². The lowest BCUT2D eigenvalue weighted by atomic mass is 9.90. The van der Waals surface area contributed by atoms with Crippen molar-refractivity contribution in [3.05, 3.63) is 29.8 Å². The second-order valence-electron chi connectivity index (χ2n) is 5.13. The maximum Gasteiger partial charge on any atom is 0.418 e. The fourth-order valence-electron chi connectivity index (χ4n) is 2.87. The Labute approximate surface area is 111 Å². The number of benzene rings is 1. The Morgan fingerprint density at radius 1 is 1.32 bits per heavy atom. The van der Waals surface area contributed by atoms with Crippen LogP contribution in [0, 0.1) is 5.92 Å². The maximum absolute atomic E-state index is 13.1. The molecule has 2 nitrogen and oxygen atoms in total. The SMILES string of the molecule is CC1CCCN(c2ccccc2C(F)(F)F)C1CN. The van der Waals surface area contributed by atoms with E-state index in [0.717, 1.165) is 18.9 Å². The molecule has 0 spiro atoms. The minimum atomic E-state index is -4.32. The van der Waals surface area contributed by atoms with Gasteiger partial charge >= 0.3 is 6.18 Å². The molecule has 1 saturated heterocycles. The van der Waals surface area contributed by atoms with E-state index in [4.69, 9.17) is 5.73 Å². The van der Waals surface area contributed by atoms with Gasteiger partial charge in [0.1, 0.15) is 0 Å². The van der Waals surface area contributed by atoms with Crippen LogP contribution in [-0.2, 0) is 6.18 Å². The molecule has 106 valence electrons. The standard InChI is InChI=1S/C14H19F3N2/c1-10-5-4-8-19(13(10)9-18)12-7-3-2-6-11(12)14(15,16)17/h2-3,6-7,10,13H,4-5,8-9,18H2,1H3. The average molecular weight is 272 g/mol. The number of rotatable bonds is 2. The van der Waals surface area contributed by atoms with Crippen LogP contribution in [0.2, 0.25) is 0 Å². The van der Waals surface area contributed by atoms with Gasteiger partial charge in [0.15, 0.2) is 0 Å². The van der Waals surface area contributed by atoms with E-state index in [2.05, 4.69) is 6.92 Å². The van der Waals surface area contributed by atoms with Crippen LogP contribution in [0.4, 0.5) is 18.9 Å². The highest BCUT2D eigenvalue weighted by Gasteiger charge is 2.37. The predicted molar refractivity (Wildman–Crippen MR) is 70.0 cm³/mol. The van der Waals surface area contributed by atoms with Gasteiger partial charge in [0.05, 0.1) is 5.56 Å². The number of anilines is 1. The summed E-state index contributed by atoms with van der Waals surface area (Å²) in [5.41, 5.74) is 5.45. The van der Waals surface area contributed by atoms with Gasteiger partial charge in [0, 0.05) is 24.8 Å². The molecule has 1 heterocycles. The van der Waals surface area contributed by atoms with Crippen molar-refractivity contribution in [2.75, 3.05) is 18.0 Å². The summed E-state index contributed by atoms with van der Waals surface area (Å²) in [6.45, 7) is 3.08. The third-order valence-corrected chi connectivity index (χ3v) is 3.88. The van der Waals surface area contributed by atoms with Crippen molar-refractivity contribution in [3.8, 4) is 0 Å². The Kier molecular flexibility index (Phi) is 4.04. The second-order valence-corrected chi connectivity index (χ2v) is 5.13. The van der Waals surface area contributed by atoms with Crippen molar-refractivity contribution in [3.63, 3.8) is 0 Å². The van der Waals surface area contributed by atoms with Crippen LogP contribution in [0.3, 0.4) is 0 Å². The molecule has 1 aromatic rings. The molecule has 2 rings (SSSR count). The zero-order valence-electron chi connectivity index (χ0n) is 11.0. The van der Waals surface area contributed by atoms with Gasteiger partial charge < -0.3 is 10.6 Å². The van der Waals surface area contributed by atoms with Gasteiger partial charge in [-0.3, -0.25) is 0 Å². The van der Waals surface area contributed by atoms with Crippen molar-refractivity contribution in [1.82, 2.24) is 0 Å². The van der Waals surface area contributed by atoms with Crippen LogP contribution in [0.25, 0.3) is 0 Å². The van der Waals surface area contributed by atoms with E-state index in [1.54, 1.807) is 12.1 Å². The van der Waals surface area contributed by atoms with Gasteiger partial charge in [-0.1, -0.05) is 19.1 Å². The Hall–Kier alpha value is -1.23. The lowest BCUT2D eigenvalue weighted by Crippen LogP contribution is -2.49. The molecule has 2 unspecified atom stereocenters. The number of halogens is 3. The van der Waals surface area contributed by atoms with E-state index in [9.17, 15) is 13.2 Å². The van der Waals surface area contributed by atoms with Gasteiger partial charge in [-0.2, -0.15) is 13.2 Å². The number of nitrogens with zero attached hydrogens (tertiary/aromatic N) is 1. The third-order valence-electron chi connectivity index (χ3n) is 3.88. The molecule has 5 heteroatoms. The summed E-state index contributed by atoms with van der Waals surface area (Å²) < 4.78 is 39.2. The summed E-state index contributed by atoms with van der Waals surface area (Å²) in [6, 6.07) is 5.75. The third kappa shape index (κ3) is 2.86. The average Bonchev–Trinajstić information content (AvgIpc) is 2.37. The second kappa shape index (κ2) is 5.41. The molecule has 2 N–H and O–H groups in total. The van der Waals surface area contributed by atoms with Crippen molar-refractivity contribution in [2.24, 2.45) is 11.7 Å². The first-order valence-electron chi connectivity index (χ1n) is 6.58. The fraction of sp³-hybridized carbons (Fsp3) is 0.571. The highest BCUT2D eigenvalue weighted by atomic mass is 19.4. The van der Waals surface area contributed by atoms with Crippen LogP contribution in [0.15, 0.2) is 24.3 Å². The quantitative estimate of drug-likeness (QED) is 0.895. The van der Waals surface area contributed by atoms with Gasteiger partial charge in [-0.15, -0.1) is 0 Å². The van der Waals surface area contributed by atoms with Crippen LogP contribution < -0.4 is 10.6 Å². The molecular weight excluding hydrogens is 253 g/mol.